The van der Waals surface area contributed by atoms with Gasteiger partial charge in [-0.3, -0.25) is 4.79 Å². The highest BCUT2D eigenvalue weighted by molar-refractivity contribution is 5.77. The number of nitrogens with zero attached hydrogens (tertiary/aromatic N) is 2. The molecule has 1 aliphatic heterocycles. The number of hydrogen-bond acceptors (Lipinski definition) is 3. The summed E-state index contributed by atoms with van der Waals surface area (Å²) in [5.74, 6) is 0.540. The van der Waals surface area contributed by atoms with E-state index >= 15 is 0 Å². The van der Waals surface area contributed by atoms with Gasteiger partial charge in [0.1, 0.15) is 5.60 Å². The molecule has 1 fully saturated rings. The van der Waals surface area contributed by atoms with E-state index in [-0.39, 0.29) is 23.5 Å². The van der Waals surface area contributed by atoms with Gasteiger partial charge >= 0.3 is 6.09 Å². The summed E-state index contributed by atoms with van der Waals surface area (Å²) < 4.78 is 5.55. The highest BCUT2D eigenvalue weighted by Gasteiger charge is 2.31. The van der Waals surface area contributed by atoms with Crippen LogP contribution in [0.4, 0.5) is 4.79 Å². The lowest BCUT2D eigenvalue weighted by molar-refractivity contribution is -0.135. The monoisotopic (exact) mass is 354 g/mol. The molecule has 1 saturated heterocycles. The molecule has 146 valence electrons. The van der Waals surface area contributed by atoms with Gasteiger partial charge in [0.2, 0.25) is 5.91 Å². The van der Waals surface area contributed by atoms with Crippen molar-refractivity contribution >= 4 is 12.0 Å². The molecule has 1 heterocycles. The lowest BCUT2D eigenvalue weighted by atomic mass is 9.90. The number of carbonyl (C=O) groups is 2. The number of amides is 2. The van der Waals surface area contributed by atoms with Crippen LogP contribution in [0.3, 0.4) is 0 Å². The fourth-order valence-electron chi connectivity index (χ4n) is 3.10. The van der Waals surface area contributed by atoms with Gasteiger partial charge < -0.3 is 14.5 Å². The molecule has 0 radical (unpaired) electrons. The van der Waals surface area contributed by atoms with E-state index in [2.05, 4.69) is 20.8 Å². The summed E-state index contributed by atoms with van der Waals surface area (Å²) >= 11 is 0. The van der Waals surface area contributed by atoms with Crippen LogP contribution in [0.2, 0.25) is 0 Å². The maximum absolute atomic E-state index is 12.5. The van der Waals surface area contributed by atoms with Crippen LogP contribution in [0.15, 0.2) is 0 Å². The maximum atomic E-state index is 12.5. The van der Waals surface area contributed by atoms with Crippen molar-refractivity contribution in [1.29, 1.82) is 0 Å². The lowest BCUT2D eigenvalue weighted by Gasteiger charge is -2.38. The fourth-order valence-corrected chi connectivity index (χ4v) is 3.10. The summed E-state index contributed by atoms with van der Waals surface area (Å²) in [6.07, 6.45) is 2.35. The molecule has 1 aliphatic rings. The van der Waals surface area contributed by atoms with Crippen molar-refractivity contribution < 1.29 is 14.3 Å². The molecule has 0 aromatic rings. The molecule has 0 aliphatic carbocycles. The van der Waals surface area contributed by atoms with E-state index < -0.39 is 5.60 Å². The van der Waals surface area contributed by atoms with Crippen molar-refractivity contribution in [3.05, 3.63) is 0 Å². The predicted molar refractivity (Wildman–Crippen MR) is 101 cm³/mol. The number of ether oxygens (including phenoxy) is 1. The summed E-state index contributed by atoms with van der Waals surface area (Å²) in [7, 11) is 0. The van der Waals surface area contributed by atoms with Crippen molar-refractivity contribution in [2.75, 3.05) is 19.6 Å². The summed E-state index contributed by atoms with van der Waals surface area (Å²) in [6.45, 7) is 18.2. The first-order chi connectivity index (χ1) is 11.3. The Bertz CT molecular complexity index is 461. The van der Waals surface area contributed by atoms with Crippen molar-refractivity contribution in [3.63, 3.8) is 0 Å². The molecule has 1 atom stereocenters. The van der Waals surface area contributed by atoms with E-state index in [9.17, 15) is 9.59 Å². The average molecular weight is 355 g/mol. The molecule has 5 nitrogen and oxygen atoms in total. The van der Waals surface area contributed by atoms with Gasteiger partial charge in [0.05, 0.1) is 0 Å². The molecule has 0 N–H and O–H groups in total. The zero-order chi connectivity index (χ0) is 19.4. The predicted octanol–water partition coefficient (Wildman–Crippen LogP) is 4.31. The summed E-state index contributed by atoms with van der Waals surface area (Å²) in [5, 5.41) is 0. The van der Waals surface area contributed by atoms with Gasteiger partial charge in [-0.15, -0.1) is 0 Å². The topological polar surface area (TPSA) is 49.9 Å². The maximum Gasteiger partial charge on any atom is 0.410 e. The minimum absolute atomic E-state index is 0.00447. The average Bonchev–Trinajstić information content (AvgIpc) is 2.41. The third-order valence-electron chi connectivity index (χ3n) is 4.26. The van der Waals surface area contributed by atoms with Gasteiger partial charge in [0, 0.05) is 32.1 Å². The molecule has 5 heteroatoms. The van der Waals surface area contributed by atoms with E-state index in [1.54, 1.807) is 4.90 Å². The molecule has 2 amide bonds. The number of likely N-dealkylation sites (tertiary alicyclic amines) is 1. The molecule has 0 spiro atoms. The second kappa shape index (κ2) is 8.41. The van der Waals surface area contributed by atoms with Gasteiger partial charge in [-0.1, -0.05) is 20.8 Å². The van der Waals surface area contributed by atoms with E-state index in [0.717, 1.165) is 25.9 Å². The minimum Gasteiger partial charge on any atom is -0.444 e. The van der Waals surface area contributed by atoms with Crippen LogP contribution >= 0.6 is 0 Å². The van der Waals surface area contributed by atoms with Gasteiger partial charge in [0.15, 0.2) is 0 Å². The van der Waals surface area contributed by atoms with Crippen LogP contribution in [-0.4, -0.2) is 53.1 Å². The summed E-state index contributed by atoms with van der Waals surface area (Å²) in [5.41, 5.74) is -0.490. The highest BCUT2D eigenvalue weighted by Crippen LogP contribution is 2.24. The normalized spacial score (nSPS) is 19.1. The molecule has 0 aromatic carbocycles. The lowest BCUT2D eigenvalue weighted by Crippen LogP contribution is -2.48. The molecule has 1 unspecified atom stereocenters. The van der Waals surface area contributed by atoms with Crippen LogP contribution in [0.1, 0.15) is 74.7 Å². The zero-order valence-corrected chi connectivity index (χ0v) is 17.5. The molecule has 0 bridgehead atoms. The van der Waals surface area contributed by atoms with Crippen LogP contribution in [0.5, 0.6) is 0 Å². The smallest absolute Gasteiger partial charge is 0.410 e. The van der Waals surface area contributed by atoms with E-state index in [1.165, 1.54) is 0 Å². The van der Waals surface area contributed by atoms with Crippen molar-refractivity contribution in [2.24, 2.45) is 11.3 Å². The number of carbonyl (C=O) groups excluding carboxylic acids is 2. The van der Waals surface area contributed by atoms with Crippen LogP contribution in [-0.2, 0) is 9.53 Å². The Morgan fingerprint density at radius 2 is 1.76 bits per heavy atom. The molecule has 0 saturated carbocycles. The third kappa shape index (κ3) is 8.10. The SMILES string of the molecule is CC(C)N(CC1CCCN(C(=O)CC(C)(C)C)C1)C(=O)OC(C)(C)C. The Labute approximate surface area is 154 Å². The molecule has 0 aromatic heterocycles. The quantitative estimate of drug-likeness (QED) is 0.756. The molecule has 25 heavy (non-hydrogen) atoms. The van der Waals surface area contributed by atoms with Crippen LogP contribution < -0.4 is 0 Å². The van der Waals surface area contributed by atoms with E-state index in [1.807, 2.05) is 39.5 Å². The van der Waals surface area contributed by atoms with Gasteiger partial charge in [-0.2, -0.15) is 0 Å². The Kier molecular flexibility index (Phi) is 7.33. The fraction of sp³-hybridized carbons (Fsp3) is 0.900. The molecule has 1 rings (SSSR count). The Balaban J connectivity index is 2.69. The second-order valence-corrected chi connectivity index (χ2v) is 9.81. The molecular formula is C20H38N2O3. The first-order valence-electron chi connectivity index (χ1n) is 9.56. The molecular weight excluding hydrogens is 316 g/mol. The first kappa shape index (κ1) is 21.8. The van der Waals surface area contributed by atoms with E-state index in [0.29, 0.717) is 18.9 Å². The number of rotatable bonds is 4. The summed E-state index contributed by atoms with van der Waals surface area (Å²) in [4.78, 5) is 28.8. The second-order valence-electron chi connectivity index (χ2n) is 9.81. The number of hydrogen-bond donors (Lipinski definition) is 0. The van der Waals surface area contributed by atoms with Gasteiger partial charge in [-0.05, 0) is 58.8 Å². The number of piperidine rings is 1. The summed E-state index contributed by atoms with van der Waals surface area (Å²) in [6, 6.07) is 0.0792. The minimum atomic E-state index is -0.495. The van der Waals surface area contributed by atoms with Crippen molar-refractivity contribution in [1.82, 2.24) is 9.80 Å². The van der Waals surface area contributed by atoms with E-state index in [4.69, 9.17) is 4.74 Å². The third-order valence-corrected chi connectivity index (χ3v) is 4.26. The Hall–Kier alpha value is -1.26. The van der Waals surface area contributed by atoms with Gasteiger partial charge in [-0.25, -0.2) is 4.79 Å². The van der Waals surface area contributed by atoms with Gasteiger partial charge in [0.25, 0.3) is 0 Å². The highest BCUT2D eigenvalue weighted by atomic mass is 16.6. The zero-order valence-electron chi connectivity index (χ0n) is 17.5. The Morgan fingerprint density at radius 1 is 1.16 bits per heavy atom. The van der Waals surface area contributed by atoms with Crippen molar-refractivity contribution in [2.45, 2.75) is 86.3 Å². The standard InChI is InChI=1S/C20H38N2O3/c1-15(2)22(18(24)25-20(6,7)8)14-16-10-9-11-21(13-16)17(23)12-19(3,4)5/h15-16H,9-14H2,1-8H3. The Morgan fingerprint density at radius 3 is 2.24 bits per heavy atom. The largest absolute Gasteiger partial charge is 0.444 e. The van der Waals surface area contributed by atoms with Crippen LogP contribution in [0, 0.1) is 11.3 Å². The van der Waals surface area contributed by atoms with Crippen LogP contribution in [0.25, 0.3) is 0 Å². The first-order valence-corrected chi connectivity index (χ1v) is 9.56. The van der Waals surface area contributed by atoms with Crippen molar-refractivity contribution in [3.8, 4) is 0 Å².